The van der Waals surface area contributed by atoms with Gasteiger partial charge in [0.15, 0.2) is 0 Å². The number of hydrogen-bond acceptors (Lipinski definition) is 2. The molecular weight excluding hydrogens is 266 g/mol. The quantitative estimate of drug-likeness (QED) is 0.894. The molecule has 0 heterocycles. The molecule has 1 rings (SSSR count). The van der Waals surface area contributed by atoms with E-state index in [4.69, 9.17) is 0 Å². The maximum absolute atomic E-state index is 9.33. The molecule has 0 aliphatic rings. The van der Waals surface area contributed by atoms with E-state index in [-0.39, 0.29) is 6.61 Å². The number of benzene rings is 1. The Morgan fingerprint density at radius 2 is 2.12 bits per heavy atom. The van der Waals surface area contributed by atoms with Crippen molar-refractivity contribution in [3.8, 4) is 0 Å². The van der Waals surface area contributed by atoms with Gasteiger partial charge >= 0.3 is 0 Å². The van der Waals surface area contributed by atoms with Crippen LogP contribution in [0.1, 0.15) is 32.3 Å². The lowest BCUT2D eigenvalue weighted by Gasteiger charge is -2.28. The van der Waals surface area contributed by atoms with E-state index in [1.54, 1.807) is 0 Å². The van der Waals surface area contributed by atoms with Gasteiger partial charge < -0.3 is 10.0 Å². The van der Waals surface area contributed by atoms with Gasteiger partial charge in [0.25, 0.3) is 0 Å². The third kappa shape index (κ3) is 3.22. The van der Waals surface area contributed by atoms with Gasteiger partial charge in [-0.1, -0.05) is 35.3 Å². The van der Waals surface area contributed by atoms with Crippen LogP contribution < -0.4 is 4.90 Å². The fraction of sp³-hybridized carbons (Fsp3) is 0.538. The molecule has 0 saturated heterocycles. The molecule has 0 aliphatic carbocycles. The normalized spacial score (nSPS) is 12.6. The zero-order valence-electron chi connectivity index (χ0n) is 10.2. The average Bonchev–Trinajstić information content (AvgIpc) is 2.28. The number of hydrogen-bond donors (Lipinski definition) is 1. The molecule has 16 heavy (non-hydrogen) atoms. The molecule has 1 aromatic carbocycles. The molecule has 3 heteroatoms. The molecule has 0 aliphatic heterocycles. The summed E-state index contributed by atoms with van der Waals surface area (Å²) in [6, 6.07) is 6.49. The van der Waals surface area contributed by atoms with E-state index in [1.165, 1.54) is 6.42 Å². The van der Waals surface area contributed by atoms with Crippen molar-refractivity contribution >= 4 is 21.6 Å². The first-order chi connectivity index (χ1) is 7.60. The highest BCUT2D eigenvalue weighted by Crippen LogP contribution is 2.26. The van der Waals surface area contributed by atoms with Crippen molar-refractivity contribution in [3.63, 3.8) is 0 Å². The fourth-order valence-corrected chi connectivity index (χ4v) is 2.20. The predicted molar refractivity (Wildman–Crippen MR) is 72.8 cm³/mol. The fourth-order valence-electron chi connectivity index (χ4n) is 1.85. The van der Waals surface area contributed by atoms with Gasteiger partial charge in [-0.15, -0.1) is 0 Å². The monoisotopic (exact) mass is 285 g/mol. The van der Waals surface area contributed by atoms with Crippen LogP contribution in [0.25, 0.3) is 0 Å². The summed E-state index contributed by atoms with van der Waals surface area (Å²) in [6.45, 7) is 4.50. The molecule has 0 aromatic heterocycles. The summed E-state index contributed by atoms with van der Waals surface area (Å²) in [7, 11) is 2.08. The van der Waals surface area contributed by atoms with Crippen LogP contribution in [0.3, 0.4) is 0 Å². The standard InChI is InChI=1S/C13H20BrNO/c1-4-5-10(2)15(3)13-8-12(14)7-6-11(13)9-16/h6-8,10,16H,4-5,9H2,1-3H3. The SMILES string of the molecule is CCCC(C)N(C)c1cc(Br)ccc1CO. The van der Waals surface area contributed by atoms with E-state index in [2.05, 4.69) is 47.8 Å². The van der Waals surface area contributed by atoms with Crippen LogP contribution in [-0.2, 0) is 6.61 Å². The Kier molecular flexibility index (Phi) is 5.29. The van der Waals surface area contributed by atoms with E-state index in [1.807, 2.05) is 12.1 Å². The first-order valence-electron chi connectivity index (χ1n) is 5.72. The molecule has 0 bridgehead atoms. The van der Waals surface area contributed by atoms with Crippen LogP contribution in [-0.4, -0.2) is 18.2 Å². The van der Waals surface area contributed by atoms with Crippen molar-refractivity contribution in [2.45, 2.75) is 39.3 Å². The van der Waals surface area contributed by atoms with E-state index in [0.717, 1.165) is 22.1 Å². The summed E-state index contributed by atoms with van der Waals surface area (Å²) in [6.07, 6.45) is 2.34. The molecule has 0 spiro atoms. The van der Waals surface area contributed by atoms with E-state index in [0.29, 0.717) is 6.04 Å². The molecule has 1 atom stereocenters. The van der Waals surface area contributed by atoms with Crippen LogP contribution in [0.4, 0.5) is 5.69 Å². The topological polar surface area (TPSA) is 23.5 Å². The summed E-state index contributed by atoms with van der Waals surface area (Å²) in [5.74, 6) is 0. The zero-order chi connectivity index (χ0) is 12.1. The van der Waals surface area contributed by atoms with Gasteiger partial charge in [-0.2, -0.15) is 0 Å². The predicted octanol–water partition coefficient (Wildman–Crippen LogP) is 3.57. The Labute approximate surface area is 106 Å². The van der Waals surface area contributed by atoms with Gasteiger partial charge in [-0.05, 0) is 25.5 Å². The third-order valence-electron chi connectivity index (χ3n) is 2.97. The van der Waals surface area contributed by atoms with Crippen molar-refractivity contribution in [1.29, 1.82) is 0 Å². The summed E-state index contributed by atoms with van der Waals surface area (Å²) >= 11 is 3.47. The smallest absolute Gasteiger partial charge is 0.0702 e. The number of nitrogens with zero attached hydrogens (tertiary/aromatic N) is 1. The van der Waals surface area contributed by atoms with Crippen molar-refractivity contribution in [1.82, 2.24) is 0 Å². The molecular formula is C13H20BrNO. The highest BCUT2D eigenvalue weighted by molar-refractivity contribution is 9.10. The second-order valence-electron chi connectivity index (χ2n) is 4.18. The number of aliphatic hydroxyl groups excluding tert-OH is 1. The van der Waals surface area contributed by atoms with Crippen LogP contribution in [0.15, 0.2) is 22.7 Å². The van der Waals surface area contributed by atoms with E-state index in [9.17, 15) is 5.11 Å². The van der Waals surface area contributed by atoms with Gasteiger partial charge in [-0.3, -0.25) is 0 Å². The molecule has 2 nitrogen and oxygen atoms in total. The molecule has 0 saturated carbocycles. The van der Waals surface area contributed by atoms with Gasteiger partial charge in [0.1, 0.15) is 0 Å². The van der Waals surface area contributed by atoms with E-state index >= 15 is 0 Å². The molecule has 1 aromatic rings. The van der Waals surface area contributed by atoms with Gasteiger partial charge in [0, 0.05) is 28.8 Å². The Balaban J connectivity index is 2.96. The Morgan fingerprint density at radius 1 is 1.44 bits per heavy atom. The minimum absolute atomic E-state index is 0.0891. The van der Waals surface area contributed by atoms with Crippen LogP contribution in [0.5, 0.6) is 0 Å². The summed E-state index contributed by atoms with van der Waals surface area (Å²) < 4.78 is 1.05. The number of halogens is 1. The summed E-state index contributed by atoms with van der Waals surface area (Å²) in [4.78, 5) is 2.24. The van der Waals surface area contributed by atoms with Crippen molar-refractivity contribution in [3.05, 3.63) is 28.2 Å². The van der Waals surface area contributed by atoms with Crippen LogP contribution in [0, 0.1) is 0 Å². The molecule has 1 unspecified atom stereocenters. The van der Waals surface area contributed by atoms with E-state index < -0.39 is 0 Å². The van der Waals surface area contributed by atoms with Crippen molar-refractivity contribution in [2.24, 2.45) is 0 Å². The Hall–Kier alpha value is -0.540. The minimum atomic E-state index is 0.0891. The lowest BCUT2D eigenvalue weighted by molar-refractivity contribution is 0.282. The van der Waals surface area contributed by atoms with Crippen LogP contribution in [0.2, 0.25) is 0 Å². The minimum Gasteiger partial charge on any atom is -0.392 e. The van der Waals surface area contributed by atoms with Gasteiger partial charge in [0.05, 0.1) is 6.61 Å². The largest absolute Gasteiger partial charge is 0.392 e. The highest BCUT2D eigenvalue weighted by Gasteiger charge is 2.12. The zero-order valence-corrected chi connectivity index (χ0v) is 11.8. The second kappa shape index (κ2) is 6.26. The van der Waals surface area contributed by atoms with Crippen molar-refractivity contribution in [2.75, 3.05) is 11.9 Å². The Bertz CT molecular complexity index is 341. The Morgan fingerprint density at radius 3 is 2.69 bits per heavy atom. The first-order valence-corrected chi connectivity index (χ1v) is 6.51. The highest BCUT2D eigenvalue weighted by atomic mass is 79.9. The maximum atomic E-state index is 9.33. The van der Waals surface area contributed by atoms with Gasteiger partial charge in [0.2, 0.25) is 0 Å². The maximum Gasteiger partial charge on any atom is 0.0702 e. The molecule has 90 valence electrons. The van der Waals surface area contributed by atoms with Crippen molar-refractivity contribution < 1.29 is 5.11 Å². The molecule has 0 radical (unpaired) electrons. The summed E-state index contributed by atoms with van der Waals surface area (Å²) in [5.41, 5.74) is 2.09. The molecule has 1 N–H and O–H groups in total. The average molecular weight is 286 g/mol. The van der Waals surface area contributed by atoms with Crippen LogP contribution >= 0.6 is 15.9 Å². The number of aliphatic hydroxyl groups is 1. The number of rotatable bonds is 5. The lowest BCUT2D eigenvalue weighted by atomic mass is 10.1. The summed E-state index contributed by atoms with van der Waals surface area (Å²) in [5, 5.41) is 9.33. The second-order valence-corrected chi connectivity index (χ2v) is 5.10. The third-order valence-corrected chi connectivity index (χ3v) is 3.46. The number of anilines is 1. The molecule has 0 fully saturated rings. The first kappa shape index (κ1) is 13.5. The lowest BCUT2D eigenvalue weighted by Crippen LogP contribution is -2.29. The van der Waals surface area contributed by atoms with Gasteiger partial charge in [-0.25, -0.2) is 0 Å². The molecule has 0 amide bonds.